The Labute approximate surface area is 96.1 Å². The van der Waals surface area contributed by atoms with Crippen LogP contribution in [0.15, 0.2) is 51.7 Å². The van der Waals surface area contributed by atoms with Crippen LogP contribution in [0.2, 0.25) is 5.02 Å². The van der Waals surface area contributed by atoms with Gasteiger partial charge in [-0.05, 0) is 12.1 Å². The third kappa shape index (κ3) is 1.31. The molecule has 0 atom stereocenters. The molecule has 0 aliphatic heterocycles. The number of rotatable bonds is 0. The highest BCUT2D eigenvalue weighted by atomic mass is 35.5. The van der Waals surface area contributed by atoms with Crippen molar-refractivity contribution in [2.75, 3.05) is 0 Å². The molecule has 1 aromatic heterocycles. The Morgan fingerprint density at radius 1 is 1.00 bits per heavy atom. The van der Waals surface area contributed by atoms with Crippen molar-refractivity contribution in [3.05, 3.63) is 57.9 Å². The number of benzene rings is 2. The van der Waals surface area contributed by atoms with Crippen LogP contribution in [0.5, 0.6) is 0 Å². The molecule has 0 fully saturated rings. The van der Waals surface area contributed by atoms with E-state index in [4.69, 9.17) is 16.0 Å². The Bertz CT molecular complexity index is 744. The van der Waals surface area contributed by atoms with Crippen molar-refractivity contribution >= 4 is 33.3 Å². The van der Waals surface area contributed by atoms with Gasteiger partial charge < -0.3 is 4.42 Å². The smallest absolute Gasteiger partial charge is 0.336 e. The molecule has 0 saturated heterocycles. The van der Waals surface area contributed by atoms with E-state index in [1.54, 1.807) is 6.07 Å². The molecule has 0 unspecified atom stereocenters. The van der Waals surface area contributed by atoms with Crippen molar-refractivity contribution in [3.63, 3.8) is 0 Å². The third-order valence-corrected chi connectivity index (χ3v) is 2.89. The van der Waals surface area contributed by atoms with E-state index in [0.29, 0.717) is 10.6 Å². The fourth-order valence-electron chi connectivity index (χ4n) is 1.85. The lowest BCUT2D eigenvalue weighted by Crippen LogP contribution is -1.94. The van der Waals surface area contributed by atoms with Crippen molar-refractivity contribution in [1.29, 1.82) is 0 Å². The van der Waals surface area contributed by atoms with E-state index in [-0.39, 0.29) is 5.63 Å². The number of hydrogen-bond acceptors (Lipinski definition) is 2. The first-order valence-electron chi connectivity index (χ1n) is 4.87. The second-order valence-corrected chi connectivity index (χ2v) is 3.98. The molecule has 2 nitrogen and oxygen atoms in total. The van der Waals surface area contributed by atoms with Crippen molar-refractivity contribution in [2.24, 2.45) is 0 Å². The minimum atomic E-state index is -0.347. The summed E-state index contributed by atoms with van der Waals surface area (Å²) in [6, 6.07) is 12.5. The van der Waals surface area contributed by atoms with Gasteiger partial charge in [0, 0.05) is 27.2 Å². The molecule has 2 aromatic carbocycles. The molecule has 3 heteroatoms. The fraction of sp³-hybridized carbons (Fsp3) is 0. The summed E-state index contributed by atoms with van der Waals surface area (Å²) < 4.78 is 5.22. The van der Waals surface area contributed by atoms with Crippen molar-refractivity contribution in [2.45, 2.75) is 0 Å². The average molecular weight is 231 g/mol. The van der Waals surface area contributed by atoms with Crippen LogP contribution in [0.3, 0.4) is 0 Å². The van der Waals surface area contributed by atoms with E-state index in [2.05, 4.69) is 0 Å². The maximum absolute atomic E-state index is 11.2. The van der Waals surface area contributed by atoms with Gasteiger partial charge in [-0.25, -0.2) is 4.79 Å². The fourth-order valence-corrected chi connectivity index (χ4v) is 2.14. The Balaban J connectivity index is 2.66. The number of fused-ring (bicyclic) bond motifs is 3. The summed E-state index contributed by atoms with van der Waals surface area (Å²) in [5, 5.41) is 3.26. The summed E-state index contributed by atoms with van der Waals surface area (Å²) >= 11 is 6.16. The lowest BCUT2D eigenvalue weighted by Gasteiger charge is -2.03. The summed E-state index contributed by atoms with van der Waals surface area (Å²) in [5.41, 5.74) is 0.243. The van der Waals surface area contributed by atoms with Crippen LogP contribution in [0, 0.1) is 0 Å². The third-order valence-electron chi connectivity index (χ3n) is 2.58. The summed E-state index contributed by atoms with van der Waals surface area (Å²) in [6.45, 7) is 0. The topological polar surface area (TPSA) is 30.2 Å². The van der Waals surface area contributed by atoms with E-state index in [1.807, 2.05) is 30.3 Å². The van der Waals surface area contributed by atoms with E-state index >= 15 is 0 Å². The van der Waals surface area contributed by atoms with Gasteiger partial charge in [0.15, 0.2) is 0 Å². The minimum absolute atomic E-state index is 0.347. The van der Waals surface area contributed by atoms with Crippen molar-refractivity contribution in [3.8, 4) is 0 Å². The predicted octanol–water partition coefficient (Wildman–Crippen LogP) is 3.60. The summed E-state index contributed by atoms with van der Waals surface area (Å²) in [4.78, 5) is 11.2. The van der Waals surface area contributed by atoms with Gasteiger partial charge in [-0.3, -0.25) is 0 Å². The highest BCUT2D eigenvalue weighted by Gasteiger charge is 2.06. The molecule has 16 heavy (non-hydrogen) atoms. The minimum Gasteiger partial charge on any atom is -0.422 e. The number of halogens is 1. The van der Waals surface area contributed by atoms with Gasteiger partial charge in [0.1, 0.15) is 5.58 Å². The zero-order valence-electron chi connectivity index (χ0n) is 8.24. The van der Waals surface area contributed by atoms with Crippen LogP contribution in [-0.4, -0.2) is 0 Å². The van der Waals surface area contributed by atoms with E-state index in [0.717, 1.165) is 16.2 Å². The highest BCUT2D eigenvalue weighted by Crippen LogP contribution is 2.30. The van der Waals surface area contributed by atoms with Crippen molar-refractivity contribution in [1.82, 2.24) is 0 Å². The molecule has 0 amide bonds. The molecule has 0 spiro atoms. The molecule has 1 heterocycles. The molecule has 3 rings (SSSR count). The zero-order chi connectivity index (χ0) is 11.1. The van der Waals surface area contributed by atoms with Gasteiger partial charge in [-0.1, -0.05) is 35.9 Å². The van der Waals surface area contributed by atoms with Crippen LogP contribution < -0.4 is 5.63 Å². The summed E-state index contributed by atoms with van der Waals surface area (Å²) in [7, 11) is 0. The first-order valence-corrected chi connectivity index (χ1v) is 5.24. The molecule has 0 aliphatic rings. The van der Waals surface area contributed by atoms with Gasteiger partial charge in [-0.15, -0.1) is 0 Å². The highest BCUT2D eigenvalue weighted by molar-refractivity contribution is 6.37. The molecule has 0 radical (unpaired) electrons. The van der Waals surface area contributed by atoms with E-state index in [9.17, 15) is 4.79 Å². The van der Waals surface area contributed by atoms with Crippen LogP contribution in [0.4, 0.5) is 0 Å². The Hall–Kier alpha value is -1.80. The first-order chi connectivity index (χ1) is 7.75. The average Bonchev–Trinajstić information content (AvgIpc) is 2.31. The molecule has 3 aromatic rings. The molecule has 78 valence electrons. The van der Waals surface area contributed by atoms with Gasteiger partial charge in [0.05, 0.1) is 0 Å². The maximum Gasteiger partial charge on any atom is 0.336 e. The molecular weight excluding hydrogens is 224 g/mol. The molecule has 0 N–H and O–H groups in total. The van der Waals surface area contributed by atoms with Gasteiger partial charge in [0.25, 0.3) is 0 Å². The quantitative estimate of drug-likeness (QED) is 0.436. The first kappa shape index (κ1) is 9.43. The second kappa shape index (κ2) is 3.35. The van der Waals surface area contributed by atoms with Gasteiger partial charge in [-0.2, -0.15) is 0 Å². The molecule has 0 aliphatic carbocycles. The van der Waals surface area contributed by atoms with Gasteiger partial charge >= 0.3 is 5.63 Å². The lowest BCUT2D eigenvalue weighted by atomic mass is 10.1. The Morgan fingerprint density at radius 3 is 2.56 bits per heavy atom. The van der Waals surface area contributed by atoms with Crippen LogP contribution in [0.25, 0.3) is 21.7 Å². The normalized spacial score (nSPS) is 11.1. The van der Waals surface area contributed by atoms with Gasteiger partial charge in [0.2, 0.25) is 0 Å². The van der Waals surface area contributed by atoms with Crippen LogP contribution in [-0.2, 0) is 0 Å². The standard InChI is InChI=1S/C13H7ClO2/c14-11-7-8-5-6-12(15)16-13(8)10-4-2-1-3-9(10)11/h1-7H. The zero-order valence-corrected chi connectivity index (χ0v) is 8.99. The second-order valence-electron chi connectivity index (χ2n) is 3.58. The molecule has 0 saturated carbocycles. The van der Waals surface area contributed by atoms with E-state index < -0.39 is 0 Å². The SMILES string of the molecule is O=c1ccc2cc(Cl)c3ccccc3c2o1. The van der Waals surface area contributed by atoms with Crippen molar-refractivity contribution < 1.29 is 4.42 Å². The monoisotopic (exact) mass is 230 g/mol. The predicted molar refractivity (Wildman–Crippen MR) is 65.0 cm³/mol. The Kier molecular flexibility index (Phi) is 1.98. The molecular formula is C13H7ClO2. The number of hydrogen-bond donors (Lipinski definition) is 0. The van der Waals surface area contributed by atoms with Crippen LogP contribution >= 0.6 is 11.6 Å². The maximum atomic E-state index is 11.2. The van der Waals surface area contributed by atoms with Crippen LogP contribution in [0.1, 0.15) is 0 Å². The largest absolute Gasteiger partial charge is 0.422 e. The van der Waals surface area contributed by atoms with E-state index in [1.165, 1.54) is 6.07 Å². The summed E-state index contributed by atoms with van der Waals surface area (Å²) in [5.74, 6) is 0. The summed E-state index contributed by atoms with van der Waals surface area (Å²) in [6.07, 6.45) is 0. The Morgan fingerprint density at radius 2 is 1.75 bits per heavy atom. The lowest BCUT2D eigenvalue weighted by molar-refractivity contribution is 0.564. The molecule has 0 bridgehead atoms.